The van der Waals surface area contributed by atoms with E-state index in [0.717, 1.165) is 6.42 Å². The Morgan fingerprint density at radius 2 is 1.09 bits per heavy atom. The molecule has 0 saturated heterocycles. The lowest BCUT2D eigenvalue weighted by molar-refractivity contribution is -0.135. The van der Waals surface area contributed by atoms with Crippen LogP contribution in [0.1, 0.15) is 111 Å². The van der Waals surface area contributed by atoms with E-state index in [0.29, 0.717) is 6.42 Å². The molecule has 0 aliphatic heterocycles. The number of hydrogen-bond acceptors (Lipinski definition) is 2. The maximum absolute atomic E-state index is 12.0. The minimum absolute atomic E-state index is 0.0943. The van der Waals surface area contributed by atoms with Gasteiger partial charge in [-0.25, -0.2) is 0 Å². The fraction of sp³-hybridized carbons (Fsp3) is 0.950. The molecule has 0 aromatic rings. The first-order valence-electron chi connectivity index (χ1n) is 10.4. The molecule has 0 heterocycles. The lowest BCUT2D eigenvalue weighted by Crippen LogP contribution is -2.22. The van der Waals surface area contributed by atoms with Crippen LogP contribution in [0, 0.1) is 0 Å². The molecular weight excluding hydrogens is 299 g/mol. The zero-order chi connectivity index (χ0) is 17.2. The van der Waals surface area contributed by atoms with Crippen molar-refractivity contribution in [3.8, 4) is 0 Å². The molecule has 0 aliphatic rings. The van der Waals surface area contributed by atoms with Gasteiger partial charge in [0.15, 0.2) is 0 Å². The molecule has 0 fully saturated rings. The largest absolute Gasteiger partial charge is 0.616 e. The Labute approximate surface area is 150 Å². The van der Waals surface area contributed by atoms with Crippen LogP contribution in [-0.2, 0) is 8.58 Å². The molecule has 0 spiro atoms. The van der Waals surface area contributed by atoms with Crippen LogP contribution >= 0.6 is 0 Å². The van der Waals surface area contributed by atoms with Gasteiger partial charge in [0.25, 0.3) is 5.97 Å². The Balaban J connectivity index is 3.58. The predicted molar refractivity (Wildman–Crippen MR) is 103 cm³/mol. The zero-order valence-corrected chi connectivity index (χ0v) is 17.4. The van der Waals surface area contributed by atoms with Crippen LogP contribution in [0.5, 0.6) is 0 Å². The van der Waals surface area contributed by atoms with Crippen LogP contribution in [0.2, 0.25) is 10.6 Å². The lowest BCUT2D eigenvalue weighted by atomic mass is 10.1. The molecule has 0 bridgehead atoms. The van der Waals surface area contributed by atoms with Crippen molar-refractivity contribution in [2.45, 2.75) is 121 Å². The number of carbonyl (C=O) groups excluding carboxylic acids is 1. The Morgan fingerprint density at radius 3 is 1.57 bits per heavy atom. The smallest absolute Gasteiger partial charge is 0.548 e. The maximum Gasteiger partial charge on any atom is 0.548 e. The van der Waals surface area contributed by atoms with Crippen molar-refractivity contribution in [1.29, 1.82) is 0 Å². The first kappa shape index (κ1) is 23.0. The minimum atomic E-state index is -1.26. The van der Waals surface area contributed by atoms with Crippen molar-refractivity contribution in [3.63, 3.8) is 0 Å². The van der Waals surface area contributed by atoms with Gasteiger partial charge in [-0.15, -0.1) is 0 Å². The van der Waals surface area contributed by atoms with Crippen LogP contribution in [0.3, 0.4) is 0 Å². The average Bonchev–Trinajstić information content (AvgIpc) is 2.55. The molecule has 0 amide bonds. The second-order valence-electron chi connectivity index (χ2n) is 6.97. The molecule has 136 valence electrons. The SMILES string of the molecule is CCCCCCCCCCCC(=O)[O][Al]([CH2]CCC)[CH2]CCC. The fourth-order valence-corrected chi connectivity index (χ4v) is 5.69. The van der Waals surface area contributed by atoms with Crippen molar-refractivity contribution in [3.05, 3.63) is 0 Å². The molecule has 0 N–H and O–H groups in total. The van der Waals surface area contributed by atoms with Gasteiger partial charge in [0.2, 0.25) is 0 Å². The summed E-state index contributed by atoms with van der Waals surface area (Å²) >= 11 is -1.26. The zero-order valence-electron chi connectivity index (χ0n) is 16.2. The number of unbranched alkanes of at least 4 members (excludes halogenated alkanes) is 10. The van der Waals surface area contributed by atoms with Crippen molar-refractivity contribution < 1.29 is 8.58 Å². The molecule has 0 aromatic heterocycles. The summed E-state index contributed by atoms with van der Waals surface area (Å²) in [5.41, 5.74) is 0. The van der Waals surface area contributed by atoms with E-state index < -0.39 is 14.5 Å². The average molecular weight is 341 g/mol. The van der Waals surface area contributed by atoms with Gasteiger partial charge in [0, 0.05) is 6.42 Å². The molecule has 3 heteroatoms. The third-order valence-corrected chi connectivity index (χ3v) is 7.24. The molecule has 2 nitrogen and oxygen atoms in total. The normalized spacial score (nSPS) is 10.7. The van der Waals surface area contributed by atoms with Gasteiger partial charge in [-0.3, -0.25) is 4.79 Å². The quantitative estimate of drug-likeness (QED) is 0.209. The second-order valence-corrected chi connectivity index (χ2v) is 9.61. The summed E-state index contributed by atoms with van der Waals surface area (Å²) in [6.07, 6.45) is 17.2. The van der Waals surface area contributed by atoms with Crippen LogP contribution in [0.15, 0.2) is 0 Å². The summed E-state index contributed by atoms with van der Waals surface area (Å²) in [4.78, 5) is 12.0. The Bertz CT molecular complexity index is 248. The molecule has 0 rings (SSSR count). The summed E-state index contributed by atoms with van der Waals surface area (Å²) in [5.74, 6) is 0.0943. The molecule has 0 saturated carbocycles. The fourth-order valence-electron chi connectivity index (χ4n) is 2.95. The van der Waals surface area contributed by atoms with E-state index in [4.69, 9.17) is 3.79 Å². The van der Waals surface area contributed by atoms with Crippen LogP contribution in [-0.4, -0.2) is 20.5 Å². The summed E-state index contributed by atoms with van der Waals surface area (Å²) in [5, 5.41) is 2.36. The van der Waals surface area contributed by atoms with Crippen LogP contribution in [0.4, 0.5) is 0 Å². The molecular formula is C20H41AlO2. The number of carbonyl (C=O) groups is 1. The van der Waals surface area contributed by atoms with Crippen LogP contribution in [0.25, 0.3) is 0 Å². The van der Waals surface area contributed by atoms with Gasteiger partial charge in [-0.1, -0.05) is 108 Å². The lowest BCUT2D eigenvalue weighted by Gasteiger charge is -2.13. The van der Waals surface area contributed by atoms with E-state index in [1.54, 1.807) is 0 Å². The Kier molecular flexibility index (Phi) is 18.3. The molecule has 0 atom stereocenters. The van der Waals surface area contributed by atoms with Gasteiger partial charge in [0.1, 0.15) is 0 Å². The Hall–Kier alpha value is 0.00247. The van der Waals surface area contributed by atoms with E-state index in [1.165, 1.54) is 87.6 Å². The van der Waals surface area contributed by atoms with Gasteiger partial charge in [0.05, 0.1) is 0 Å². The van der Waals surface area contributed by atoms with Gasteiger partial charge >= 0.3 is 14.5 Å². The van der Waals surface area contributed by atoms with Gasteiger partial charge < -0.3 is 3.79 Å². The highest BCUT2D eigenvalue weighted by Gasteiger charge is 2.24. The van der Waals surface area contributed by atoms with Gasteiger partial charge in [-0.2, -0.15) is 0 Å². The predicted octanol–water partition coefficient (Wildman–Crippen LogP) is 7.04. The molecule has 23 heavy (non-hydrogen) atoms. The highest BCUT2D eigenvalue weighted by atomic mass is 27.2. The van der Waals surface area contributed by atoms with Crippen molar-refractivity contribution in [1.82, 2.24) is 0 Å². The van der Waals surface area contributed by atoms with Crippen molar-refractivity contribution >= 4 is 20.5 Å². The number of hydrogen-bond donors (Lipinski definition) is 0. The molecule has 0 radical (unpaired) electrons. The summed E-state index contributed by atoms with van der Waals surface area (Å²) in [6, 6.07) is 0. The second kappa shape index (κ2) is 18.3. The summed E-state index contributed by atoms with van der Waals surface area (Å²) in [6.45, 7) is 6.70. The Morgan fingerprint density at radius 1 is 0.652 bits per heavy atom. The molecule has 0 aromatic carbocycles. The standard InChI is InChI=1S/C12H24O2.2C4H9.Al/c1-2-3-4-5-6-7-8-9-10-11-12(13)14;2*1-3-4-2;/h2-11H2,1H3,(H,13,14);2*1,3-4H2,2H3;/q;;;+1/p-1. The topological polar surface area (TPSA) is 26.3 Å². The summed E-state index contributed by atoms with van der Waals surface area (Å²) in [7, 11) is 0. The third-order valence-electron chi connectivity index (χ3n) is 4.54. The highest BCUT2D eigenvalue weighted by Crippen LogP contribution is 2.14. The highest BCUT2D eigenvalue weighted by molar-refractivity contribution is 6.53. The summed E-state index contributed by atoms with van der Waals surface area (Å²) < 4.78 is 5.83. The van der Waals surface area contributed by atoms with Crippen LogP contribution < -0.4 is 0 Å². The third kappa shape index (κ3) is 16.6. The van der Waals surface area contributed by atoms with E-state index >= 15 is 0 Å². The maximum atomic E-state index is 12.0. The molecule has 0 aliphatic carbocycles. The van der Waals surface area contributed by atoms with E-state index in [1.807, 2.05) is 0 Å². The first-order valence-corrected chi connectivity index (χ1v) is 12.5. The van der Waals surface area contributed by atoms with E-state index in [2.05, 4.69) is 20.8 Å². The minimum Gasteiger partial charge on any atom is -0.616 e. The first-order chi connectivity index (χ1) is 11.2. The van der Waals surface area contributed by atoms with Gasteiger partial charge in [-0.05, 0) is 6.42 Å². The van der Waals surface area contributed by atoms with E-state index in [-0.39, 0.29) is 5.97 Å². The van der Waals surface area contributed by atoms with E-state index in [9.17, 15) is 4.79 Å². The van der Waals surface area contributed by atoms with Crippen molar-refractivity contribution in [2.75, 3.05) is 0 Å². The number of rotatable bonds is 17. The van der Waals surface area contributed by atoms with Crippen molar-refractivity contribution in [2.24, 2.45) is 0 Å². The molecule has 0 unspecified atom stereocenters. The monoisotopic (exact) mass is 340 g/mol.